The van der Waals surface area contributed by atoms with Gasteiger partial charge in [0.15, 0.2) is 0 Å². The molecule has 4 nitrogen and oxygen atoms in total. The van der Waals surface area contributed by atoms with Gasteiger partial charge >= 0.3 is 12.2 Å². The Morgan fingerprint density at radius 1 is 1.47 bits per heavy atom. The Morgan fingerprint density at radius 2 is 2.12 bits per heavy atom. The lowest BCUT2D eigenvalue weighted by atomic mass is 10.2. The number of halogens is 3. The Hall–Kier alpha value is -1.66. The molecule has 0 saturated carbocycles. The van der Waals surface area contributed by atoms with E-state index in [9.17, 15) is 18.0 Å². The lowest BCUT2D eigenvalue weighted by Gasteiger charge is -2.13. The summed E-state index contributed by atoms with van der Waals surface area (Å²) in [7, 11) is 0. The van der Waals surface area contributed by atoms with Gasteiger partial charge < -0.3 is 15.1 Å². The molecule has 0 fully saturated rings. The van der Waals surface area contributed by atoms with E-state index in [-0.39, 0.29) is 0 Å². The molecule has 1 atom stereocenters. The van der Waals surface area contributed by atoms with Gasteiger partial charge in [0.25, 0.3) is 0 Å². The molecule has 0 aliphatic carbocycles. The van der Waals surface area contributed by atoms with E-state index >= 15 is 0 Å². The predicted molar refractivity (Wildman–Crippen MR) is 54.4 cm³/mol. The molecule has 0 aliphatic heterocycles. The van der Waals surface area contributed by atoms with Crippen LogP contribution in [0.15, 0.2) is 16.5 Å². The summed E-state index contributed by atoms with van der Waals surface area (Å²) in [4.78, 5) is 11.1. The minimum Gasteiger partial charge on any atom is -0.464 e. The van der Waals surface area contributed by atoms with E-state index in [1.807, 2.05) is 0 Å². The minimum atomic E-state index is -4.41. The average Bonchev–Trinajstić information content (AvgIpc) is 2.61. The zero-order chi connectivity index (χ0) is 13.1. The van der Waals surface area contributed by atoms with Crippen molar-refractivity contribution in [1.82, 2.24) is 10.6 Å². The summed E-state index contributed by atoms with van der Waals surface area (Å²) in [6.07, 6.45) is -4.41. The number of nitrogens with one attached hydrogen (secondary N) is 2. The van der Waals surface area contributed by atoms with Crippen LogP contribution in [-0.2, 0) is 0 Å². The third-order valence-corrected chi connectivity index (χ3v) is 1.98. The van der Waals surface area contributed by atoms with Crippen LogP contribution in [0.2, 0.25) is 0 Å². The van der Waals surface area contributed by atoms with Crippen molar-refractivity contribution >= 4 is 6.03 Å². The van der Waals surface area contributed by atoms with E-state index in [2.05, 4.69) is 5.32 Å². The summed E-state index contributed by atoms with van der Waals surface area (Å²) in [5.41, 5.74) is 0. The molecule has 1 aromatic heterocycles. The summed E-state index contributed by atoms with van der Waals surface area (Å²) in [6.45, 7) is 1.99. The SMILES string of the molecule is Cc1ccc(C(C)NC(=O)NCC(F)(F)F)o1. The zero-order valence-electron chi connectivity index (χ0n) is 9.39. The van der Waals surface area contributed by atoms with Crippen LogP contribution >= 0.6 is 0 Å². The van der Waals surface area contributed by atoms with Crippen LogP contribution in [0.5, 0.6) is 0 Å². The molecule has 96 valence electrons. The van der Waals surface area contributed by atoms with Crippen LogP contribution < -0.4 is 10.6 Å². The van der Waals surface area contributed by atoms with Gasteiger partial charge in [0.2, 0.25) is 0 Å². The molecule has 0 spiro atoms. The highest BCUT2D eigenvalue weighted by molar-refractivity contribution is 5.74. The second-order valence-corrected chi connectivity index (χ2v) is 3.61. The summed E-state index contributed by atoms with van der Waals surface area (Å²) in [6, 6.07) is 1.99. The highest BCUT2D eigenvalue weighted by atomic mass is 19.4. The number of alkyl halides is 3. The fourth-order valence-electron chi connectivity index (χ4n) is 1.19. The molecule has 0 saturated heterocycles. The monoisotopic (exact) mass is 250 g/mol. The van der Waals surface area contributed by atoms with Crippen molar-refractivity contribution in [2.75, 3.05) is 6.54 Å². The first-order valence-corrected chi connectivity index (χ1v) is 4.95. The van der Waals surface area contributed by atoms with E-state index in [4.69, 9.17) is 4.42 Å². The summed E-state index contributed by atoms with van der Waals surface area (Å²) >= 11 is 0. The van der Waals surface area contributed by atoms with Gasteiger partial charge in [0.05, 0.1) is 6.04 Å². The van der Waals surface area contributed by atoms with Gasteiger partial charge in [-0.1, -0.05) is 0 Å². The van der Waals surface area contributed by atoms with Crippen molar-refractivity contribution in [3.63, 3.8) is 0 Å². The molecular weight excluding hydrogens is 237 g/mol. The number of rotatable bonds is 3. The molecule has 17 heavy (non-hydrogen) atoms. The number of aryl methyl sites for hydroxylation is 1. The van der Waals surface area contributed by atoms with Gasteiger partial charge in [-0.15, -0.1) is 0 Å². The van der Waals surface area contributed by atoms with Gasteiger partial charge in [0.1, 0.15) is 18.1 Å². The molecule has 0 aromatic carbocycles. The molecule has 0 bridgehead atoms. The van der Waals surface area contributed by atoms with E-state index in [1.54, 1.807) is 31.3 Å². The molecule has 0 radical (unpaired) electrons. The van der Waals surface area contributed by atoms with Crippen LogP contribution in [0.4, 0.5) is 18.0 Å². The fraction of sp³-hybridized carbons (Fsp3) is 0.500. The largest absolute Gasteiger partial charge is 0.464 e. The number of amides is 2. The van der Waals surface area contributed by atoms with Crippen LogP contribution in [0.3, 0.4) is 0 Å². The Bertz CT molecular complexity index is 387. The van der Waals surface area contributed by atoms with Crippen molar-refractivity contribution < 1.29 is 22.4 Å². The first-order valence-electron chi connectivity index (χ1n) is 4.95. The number of carbonyl (C=O) groups is 1. The third-order valence-electron chi connectivity index (χ3n) is 1.98. The first-order chi connectivity index (χ1) is 7.78. The molecule has 2 amide bonds. The second-order valence-electron chi connectivity index (χ2n) is 3.61. The maximum atomic E-state index is 11.8. The molecule has 1 heterocycles. The topological polar surface area (TPSA) is 54.3 Å². The number of furan rings is 1. The Balaban J connectivity index is 2.41. The molecule has 1 unspecified atom stereocenters. The summed E-state index contributed by atoms with van der Waals surface area (Å²) < 4.78 is 40.7. The normalized spacial score (nSPS) is 13.2. The van der Waals surface area contributed by atoms with Gasteiger partial charge in [0, 0.05) is 0 Å². The Kier molecular flexibility index (Phi) is 4.03. The Labute approximate surface area is 96.2 Å². The van der Waals surface area contributed by atoms with Gasteiger partial charge in [-0.2, -0.15) is 13.2 Å². The van der Waals surface area contributed by atoms with Crippen LogP contribution in [0.25, 0.3) is 0 Å². The van der Waals surface area contributed by atoms with E-state index < -0.39 is 24.8 Å². The number of hydrogen-bond acceptors (Lipinski definition) is 2. The van der Waals surface area contributed by atoms with E-state index in [0.29, 0.717) is 11.5 Å². The molecule has 0 aliphatic rings. The standard InChI is InChI=1S/C10H13F3N2O2/c1-6-3-4-8(17-6)7(2)15-9(16)14-5-10(11,12)13/h3-4,7H,5H2,1-2H3,(H2,14,15,16). The highest BCUT2D eigenvalue weighted by Crippen LogP contribution is 2.15. The minimum absolute atomic E-state index is 0.489. The lowest BCUT2D eigenvalue weighted by Crippen LogP contribution is -2.41. The summed E-state index contributed by atoms with van der Waals surface area (Å²) in [5.74, 6) is 1.16. The van der Waals surface area contributed by atoms with Crippen molar-refractivity contribution in [3.05, 3.63) is 23.7 Å². The van der Waals surface area contributed by atoms with Crippen LogP contribution in [0, 0.1) is 6.92 Å². The van der Waals surface area contributed by atoms with Crippen molar-refractivity contribution in [2.45, 2.75) is 26.1 Å². The highest BCUT2D eigenvalue weighted by Gasteiger charge is 2.28. The number of hydrogen-bond donors (Lipinski definition) is 2. The smallest absolute Gasteiger partial charge is 0.405 e. The third kappa shape index (κ3) is 4.80. The Morgan fingerprint density at radius 3 is 2.59 bits per heavy atom. The lowest BCUT2D eigenvalue weighted by molar-refractivity contribution is -0.122. The average molecular weight is 250 g/mol. The van der Waals surface area contributed by atoms with Crippen molar-refractivity contribution in [2.24, 2.45) is 0 Å². The maximum absolute atomic E-state index is 11.8. The van der Waals surface area contributed by atoms with E-state index in [1.165, 1.54) is 0 Å². The quantitative estimate of drug-likeness (QED) is 0.866. The number of carbonyl (C=O) groups excluding carboxylic acids is 1. The second kappa shape index (κ2) is 5.11. The van der Waals surface area contributed by atoms with Gasteiger partial charge in [-0.3, -0.25) is 0 Å². The predicted octanol–water partition coefficient (Wildman–Crippen LogP) is 2.51. The fourth-order valence-corrected chi connectivity index (χ4v) is 1.19. The zero-order valence-corrected chi connectivity index (χ0v) is 9.39. The molecule has 1 aromatic rings. The van der Waals surface area contributed by atoms with Crippen LogP contribution in [0.1, 0.15) is 24.5 Å². The first kappa shape index (κ1) is 13.4. The summed E-state index contributed by atoms with van der Waals surface area (Å²) in [5, 5.41) is 4.05. The van der Waals surface area contributed by atoms with Gasteiger partial charge in [-0.05, 0) is 26.0 Å². The van der Waals surface area contributed by atoms with Crippen LogP contribution in [-0.4, -0.2) is 18.8 Å². The molecular formula is C10H13F3N2O2. The van der Waals surface area contributed by atoms with Crippen molar-refractivity contribution in [1.29, 1.82) is 0 Å². The van der Waals surface area contributed by atoms with Gasteiger partial charge in [-0.25, -0.2) is 4.79 Å². The molecule has 2 N–H and O–H groups in total. The maximum Gasteiger partial charge on any atom is 0.405 e. The van der Waals surface area contributed by atoms with Crippen molar-refractivity contribution in [3.8, 4) is 0 Å². The van der Waals surface area contributed by atoms with E-state index in [0.717, 1.165) is 0 Å². The number of urea groups is 1. The molecule has 7 heteroatoms. The molecule has 1 rings (SSSR count).